The minimum Gasteiger partial charge on any atom is -0.469 e. The number of thioether (sulfide) groups is 1. The van der Waals surface area contributed by atoms with Crippen LogP contribution in [0.25, 0.3) is 0 Å². The average Bonchev–Trinajstić information content (AvgIpc) is 4.40. The van der Waals surface area contributed by atoms with E-state index in [1.807, 2.05) is 234 Å². The van der Waals surface area contributed by atoms with Gasteiger partial charge in [-0.1, -0.05) is 194 Å². The van der Waals surface area contributed by atoms with Crippen LogP contribution in [0.5, 0.6) is 0 Å². The first-order chi connectivity index (χ1) is 41.8. The summed E-state index contributed by atoms with van der Waals surface area (Å²) in [5, 5.41) is 2.20. The number of H-pyrrole nitrogens is 2. The van der Waals surface area contributed by atoms with E-state index >= 15 is 0 Å². The molecule has 8 nitrogen and oxygen atoms in total. The van der Waals surface area contributed by atoms with Crippen molar-refractivity contribution >= 4 is 45.8 Å². The molecular weight excluding hydrogens is 1110 g/mol. The topological polar surface area (TPSA) is 109 Å². The zero-order valence-electron chi connectivity index (χ0n) is 60.2. The summed E-state index contributed by atoms with van der Waals surface area (Å²) in [6, 6.07) is 6.51. The normalized spacial score (nSPS) is 12.0. The number of nitrogens with one attached hydrogen (secondary N) is 2. The largest absolute Gasteiger partial charge is 0.469 e. The second kappa shape index (κ2) is 75.4. The number of hydrogen-bond acceptors (Lipinski definition) is 10. The zero-order valence-corrected chi connectivity index (χ0v) is 63.4. The molecule has 14 rings (SSSR count). The van der Waals surface area contributed by atoms with Crippen LogP contribution in [-0.2, 0) is 83.5 Å². The van der Waals surface area contributed by atoms with Gasteiger partial charge in [0, 0.05) is 52.4 Å². The van der Waals surface area contributed by atoms with Gasteiger partial charge in [0.05, 0.1) is 50.6 Å². The second-order valence-corrected chi connectivity index (χ2v) is 19.0. The van der Waals surface area contributed by atoms with E-state index in [0.29, 0.717) is 0 Å². The number of furan rings is 1. The molecule has 0 amide bonds. The highest BCUT2D eigenvalue weighted by molar-refractivity contribution is 8.01. The first-order valence-electron chi connectivity index (χ1n) is 34.4. The molecule has 12 heteroatoms. The maximum Gasteiger partial charge on any atom is 0.181 e. The van der Waals surface area contributed by atoms with Crippen molar-refractivity contribution in [1.82, 2.24) is 29.9 Å². The molecule has 84 heavy (non-hydrogen) atoms. The summed E-state index contributed by atoms with van der Waals surface area (Å²) in [4.78, 5) is 26.1. The van der Waals surface area contributed by atoms with Crippen molar-refractivity contribution in [3.05, 3.63) is 132 Å². The summed E-state index contributed by atoms with van der Waals surface area (Å²) in [6.07, 6.45) is 30.9. The summed E-state index contributed by atoms with van der Waals surface area (Å²) in [5.74, 6) is 3.56. The number of imidazole rings is 1. The molecule has 0 radical (unpaired) electrons. The Bertz CT molecular complexity index is 1660. The van der Waals surface area contributed by atoms with Crippen molar-refractivity contribution < 1.29 is 8.83 Å². The van der Waals surface area contributed by atoms with E-state index in [0.717, 1.165) is 25.0 Å². The van der Waals surface area contributed by atoms with Crippen LogP contribution in [0.4, 0.5) is 0 Å². The third-order valence-corrected chi connectivity index (χ3v) is 15.3. The lowest BCUT2D eigenvalue weighted by Gasteiger charge is -1.81. The van der Waals surface area contributed by atoms with Gasteiger partial charge in [0.15, 0.2) is 6.39 Å². The summed E-state index contributed by atoms with van der Waals surface area (Å²) in [6.45, 7) is 56.0. The predicted molar refractivity (Wildman–Crippen MR) is 389 cm³/mol. The SMILES string of the molecule is CC.CC.CC.CC.CC.CC.CC.CC.CC.CC.CC.CC.CC.CC.c1cc2c([nH]1)CCC2.c1cc2c(o1)CCC2.c1cc2c(s1)CCC2.c1nc2c([nH]1)CCC2.c1nc2c(o1)CCC2.c1nc2c(s1)CCC2.c1nc2c(s1)SCC2. The van der Waals surface area contributed by atoms with Crippen LogP contribution in [0, 0.1) is 0 Å². The quantitative estimate of drug-likeness (QED) is 0.156. The molecule has 7 aromatic heterocycles. The van der Waals surface area contributed by atoms with E-state index in [1.54, 1.807) is 45.7 Å². The fourth-order valence-electron chi connectivity index (χ4n) is 8.09. The average molecular weight is 1250 g/mol. The lowest BCUT2D eigenvalue weighted by Crippen LogP contribution is -1.77. The predicted octanol–water partition coefficient (Wildman–Crippen LogP) is 25.4. The van der Waals surface area contributed by atoms with Crippen molar-refractivity contribution in [2.45, 2.75) is 320 Å². The Morgan fingerprint density at radius 1 is 0.357 bits per heavy atom. The van der Waals surface area contributed by atoms with Crippen molar-refractivity contribution in [2.75, 3.05) is 5.75 Å². The van der Waals surface area contributed by atoms with Gasteiger partial charge in [0.1, 0.15) is 11.5 Å². The van der Waals surface area contributed by atoms with E-state index in [4.69, 9.17) is 8.83 Å². The highest BCUT2D eigenvalue weighted by atomic mass is 32.2. The third kappa shape index (κ3) is 39.9. The molecule has 1 aliphatic heterocycles. The van der Waals surface area contributed by atoms with Gasteiger partial charge in [0.25, 0.3) is 0 Å². The molecule has 0 fully saturated rings. The van der Waals surface area contributed by atoms with Crippen LogP contribution < -0.4 is 0 Å². The van der Waals surface area contributed by atoms with E-state index in [2.05, 4.69) is 53.5 Å². The fourth-order valence-corrected chi connectivity index (χ4v) is 11.9. The van der Waals surface area contributed by atoms with E-state index < -0.39 is 0 Å². The van der Waals surface area contributed by atoms with Crippen LogP contribution in [0.15, 0.2) is 72.8 Å². The Kier molecular flexibility index (Phi) is 84.3. The molecule has 6 aliphatic carbocycles. The molecule has 0 saturated heterocycles. The maximum atomic E-state index is 5.18. The summed E-state index contributed by atoms with van der Waals surface area (Å²) in [5.41, 5.74) is 16.4. The number of fused-ring (bicyclic) bond motifs is 7. The van der Waals surface area contributed by atoms with Gasteiger partial charge in [-0.15, -0.1) is 45.8 Å². The Hall–Kier alpha value is -3.71. The van der Waals surface area contributed by atoms with Gasteiger partial charge in [-0.2, -0.15) is 0 Å². The molecule has 0 unspecified atom stereocenters. The molecule has 2 N–H and O–H groups in total. The number of nitrogens with zero attached hydrogens (tertiary/aromatic N) is 4. The van der Waals surface area contributed by atoms with Gasteiger partial charge in [0.2, 0.25) is 0 Å². The number of hydrogen-bond donors (Lipinski definition) is 2. The standard InChI is InChI=1S/C7H9N.C7H8O.C7H8S.C6H8N2.C6H7NO.C6H7NS.C5H5NS2.14C2H6/c3*1-2-6-4-5-8-7(6)3-1;3*1-2-5-6(3-1)8-4-7-5;1-2-7-5-4(1)6-3-8-5;14*1-2/h4-5,8H,1-3H2;2*4-5H,1-3H2;4H,1-3H2,(H,7,8);2*4H,1-3H2;3H,1-2H2;14*1-2H3. The van der Waals surface area contributed by atoms with Crippen LogP contribution in [0.1, 0.15) is 305 Å². The molecule has 490 valence electrons. The van der Waals surface area contributed by atoms with Crippen LogP contribution in [0.3, 0.4) is 0 Å². The molecule has 7 aliphatic rings. The first-order valence-corrected chi connectivity index (χ1v) is 38.0. The Morgan fingerprint density at radius 3 is 1.44 bits per heavy atom. The zero-order chi connectivity index (χ0) is 65.8. The van der Waals surface area contributed by atoms with Gasteiger partial charge in [-0.05, 0) is 143 Å². The van der Waals surface area contributed by atoms with Crippen molar-refractivity contribution in [2.24, 2.45) is 0 Å². The lowest BCUT2D eigenvalue weighted by molar-refractivity contribution is 0.508. The highest BCUT2D eigenvalue weighted by Crippen LogP contribution is 2.33. The molecule has 0 saturated carbocycles. The molecule has 7 aromatic rings. The number of oxazole rings is 1. The maximum absolute atomic E-state index is 5.18. The number of thiophene rings is 1. The van der Waals surface area contributed by atoms with E-state index in [9.17, 15) is 0 Å². The van der Waals surface area contributed by atoms with Crippen molar-refractivity contribution in [1.29, 1.82) is 0 Å². The number of aryl methyl sites for hydroxylation is 13. The Balaban J connectivity index is -0.000000154. The molecule has 8 heterocycles. The molecule has 0 aromatic carbocycles. The first kappa shape index (κ1) is 94.0. The minimum atomic E-state index is 1.09. The smallest absolute Gasteiger partial charge is 0.181 e. The lowest BCUT2D eigenvalue weighted by atomic mass is 10.3. The number of rotatable bonds is 0. The third-order valence-electron chi connectivity index (χ3n) is 11.1. The van der Waals surface area contributed by atoms with Crippen LogP contribution >= 0.6 is 45.8 Å². The second-order valence-electron chi connectivity index (χ2n) is 14.8. The Labute approximate surface area is 538 Å². The van der Waals surface area contributed by atoms with E-state index in [1.165, 1.54) is 175 Å². The van der Waals surface area contributed by atoms with E-state index in [-0.39, 0.29) is 0 Å². The van der Waals surface area contributed by atoms with Crippen LogP contribution in [0.2, 0.25) is 0 Å². The number of aromatic nitrogens is 6. The summed E-state index contributed by atoms with van der Waals surface area (Å²) >= 11 is 7.41. The van der Waals surface area contributed by atoms with Crippen molar-refractivity contribution in [3.63, 3.8) is 0 Å². The van der Waals surface area contributed by atoms with Gasteiger partial charge in [-0.3, -0.25) is 0 Å². The summed E-state index contributed by atoms with van der Waals surface area (Å²) < 4.78 is 11.7. The molecule has 0 spiro atoms. The number of aromatic amines is 2. The highest BCUT2D eigenvalue weighted by Gasteiger charge is 2.16. The number of thiazole rings is 2. The molecule has 0 atom stereocenters. The summed E-state index contributed by atoms with van der Waals surface area (Å²) in [7, 11) is 0. The minimum absolute atomic E-state index is 1.09. The van der Waals surface area contributed by atoms with Gasteiger partial charge >= 0.3 is 0 Å². The van der Waals surface area contributed by atoms with Crippen LogP contribution in [-0.4, -0.2) is 35.7 Å². The van der Waals surface area contributed by atoms with Gasteiger partial charge < -0.3 is 18.8 Å². The van der Waals surface area contributed by atoms with Crippen molar-refractivity contribution in [3.8, 4) is 0 Å². The van der Waals surface area contributed by atoms with Gasteiger partial charge in [-0.25, -0.2) is 19.9 Å². The monoisotopic (exact) mass is 1240 g/mol. The molecule has 0 bridgehead atoms. The molecular formula is C72H136N6O2S4. The fraction of sp³-hybridized carbons (Fsp3) is 0.667. The Morgan fingerprint density at radius 2 is 0.857 bits per heavy atom.